The van der Waals surface area contributed by atoms with Gasteiger partial charge in [-0.1, -0.05) is 13.8 Å². The summed E-state index contributed by atoms with van der Waals surface area (Å²) in [5.74, 6) is 1.47. The van der Waals surface area contributed by atoms with Gasteiger partial charge in [-0.25, -0.2) is 0 Å². The Kier molecular flexibility index (Phi) is 4.82. The molecule has 0 aliphatic heterocycles. The SMILES string of the molecule is COc1ccc(CNC(=O)C(C)C)c(OC)c1. The van der Waals surface area contributed by atoms with Crippen molar-refractivity contribution in [3.8, 4) is 11.5 Å². The van der Waals surface area contributed by atoms with E-state index in [0.29, 0.717) is 12.3 Å². The Hall–Kier alpha value is -1.71. The lowest BCUT2D eigenvalue weighted by molar-refractivity contribution is -0.124. The molecule has 1 aromatic carbocycles. The summed E-state index contributed by atoms with van der Waals surface area (Å²) in [6.45, 7) is 4.19. The number of hydrogen-bond acceptors (Lipinski definition) is 3. The van der Waals surface area contributed by atoms with Gasteiger partial charge in [0.2, 0.25) is 5.91 Å². The third-order valence-electron chi connectivity index (χ3n) is 2.47. The van der Waals surface area contributed by atoms with E-state index in [0.717, 1.165) is 11.3 Å². The van der Waals surface area contributed by atoms with Gasteiger partial charge in [0.15, 0.2) is 0 Å². The van der Waals surface area contributed by atoms with Gasteiger partial charge < -0.3 is 14.8 Å². The van der Waals surface area contributed by atoms with Gasteiger partial charge in [-0.05, 0) is 12.1 Å². The molecule has 94 valence electrons. The molecule has 0 aromatic heterocycles. The Balaban J connectivity index is 2.74. The molecule has 0 atom stereocenters. The van der Waals surface area contributed by atoms with Crippen LogP contribution < -0.4 is 14.8 Å². The first-order valence-corrected chi connectivity index (χ1v) is 5.57. The van der Waals surface area contributed by atoms with Crippen molar-refractivity contribution in [2.75, 3.05) is 14.2 Å². The van der Waals surface area contributed by atoms with Crippen LogP contribution in [-0.2, 0) is 11.3 Å². The number of carbonyl (C=O) groups is 1. The molecule has 1 rings (SSSR count). The molecule has 0 fully saturated rings. The highest BCUT2D eigenvalue weighted by Gasteiger charge is 2.09. The van der Waals surface area contributed by atoms with E-state index in [4.69, 9.17) is 9.47 Å². The molecule has 0 unspecified atom stereocenters. The Bertz CT molecular complexity index is 388. The summed E-state index contributed by atoms with van der Waals surface area (Å²) < 4.78 is 10.4. The smallest absolute Gasteiger partial charge is 0.222 e. The minimum atomic E-state index is -0.0146. The maximum absolute atomic E-state index is 11.5. The number of ether oxygens (including phenoxy) is 2. The highest BCUT2D eigenvalue weighted by Crippen LogP contribution is 2.24. The standard InChI is InChI=1S/C13H19NO3/c1-9(2)13(15)14-8-10-5-6-11(16-3)7-12(10)17-4/h5-7,9H,8H2,1-4H3,(H,14,15). The average Bonchev–Trinajstić information content (AvgIpc) is 2.35. The number of amides is 1. The zero-order valence-electron chi connectivity index (χ0n) is 10.7. The molecular weight excluding hydrogens is 218 g/mol. The van der Waals surface area contributed by atoms with Crippen molar-refractivity contribution in [3.63, 3.8) is 0 Å². The van der Waals surface area contributed by atoms with Crippen LogP contribution in [0.25, 0.3) is 0 Å². The van der Waals surface area contributed by atoms with Crippen LogP contribution in [-0.4, -0.2) is 20.1 Å². The van der Waals surface area contributed by atoms with E-state index >= 15 is 0 Å². The first kappa shape index (κ1) is 13.4. The van der Waals surface area contributed by atoms with Gasteiger partial charge in [-0.3, -0.25) is 4.79 Å². The third kappa shape index (κ3) is 3.66. The summed E-state index contributed by atoms with van der Waals surface area (Å²) in [5.41, 5.74) is 0.933. The van der Waals surface area contributed by atoms with Gasteiger partial charge in [0.05, 0.1) is 14.2 Å². The van der Waals surface area contributed by atoms with Crippen molar-refractivity contribution in [3.05, 3.63) is 23.8 Å². The highest BCUT2D eigenvalue weighted by atomic mass is 16.5. The summed E-state index contributed by atoms with van der Waals surface area (Å²) in [6.07, 6.45) is 0. The van der Waals surface area contributed by atoms with Gasteiger partial charge >= 0.3 is 0 Å². The fourth-order valence-electron chi connectivity index (χ4n) is 1.38. The number of methoxy groups -OCH3 is 2. The molecule has 17 heavy (non-hydrogen) atoms. The Morgan fingerprint density at radius 1 is 1.29 bits per heavy atom. The Morgan fingerprint density at radius 3 is 2.53 bits per heavy atom. The number of hydrogen-bond donors (Lipinski definition) is 1. The highest BCUT2D eigenvalue weighted by molar-refractivity contribution is 5.77. The minimum absolute atomic E-state index is 0.0146. The summed E-state index contributed by atoms with van der Waals surface area (Å²) in [6, 6.07) is 5.54. The normalized spacial score (nSPS) is 10.2. The van der Waals surface area contributed by atoms with Gasteiger partial charge in [0.1, 0.15) is 11.5 Å². The molecule has 0 aliphatic rings. The predicted molar refractivity (Wildman–Crippen MR) is 66.2 cm³/mol. The molecule has 0 saturated heterocycles. The van der Waals surface area contributed by atoms with Gasteiger partial charge in [0.25, 0.3) is 0 Å². The molecule has 0 bridgehead atoms. The van der Waals surface area contributed by atoms with E-state index < -0.39 is 0 Å². The van der Waals surface area contributed by atoms with E-state index in [2.05, 4.69) is 5.32 Å². The molecular formula is C13H19NO3. The van der Waals surface area contributed by atoms with E-state index in [1.165, 1.54) is 0 Å². The van der Waals surface area contributed by atoms with Crippen molar-refractivity contribution in [2.24, 2.45) is 5.92 Å². The van der Waals surface area contributed by atoms with Crippen LogP contribution in [0.3, 0.4) is 0 Å². The fraction of sp³-hybridized carbons (Fsp3) is 0.462. The van der Waals surface area contributed by atoms with Crippen molar-refractivity contribution >= 4 is 5.91 Å². The fourth-order valence-corrected chi connectivity index (χ4v) is 1.38. The quantitative estimate of drug-likeness (QED) is 0.851. The summed E-state index contributed by atoms with van der Waals surface area (Å²) in [4.78, 5) is 11.5. The van der Waals surface area contributed by atoms with Crippen molar-refractivity contribution in [2.45, 2.75) is 20.4 Å². The van der Waals surface area contributed by atoms with Crippen LogP contribution in [0.1, 0.15) is 19.4 Å². The first-order chi connectivity index (χ1) is 8.08. The predicted octanol–water partition coefficient (Wildman–Crippen LogP) is 1.98. The molecule has 1 N–H and O–H groups in total. The molecule has 0 aliphatic carbocycles. The van der Waals surface area contributed by atoms with Crippen molar-refractivity contribution in [1.82, 2.24) is 5.32 Å². The maximum atomic E-state index is 11.5. The number of carbonyl (C=O) groups excluding carboxylic acids is 1. The van der Waals surface area contributed by atoms with E-state index in [9.17, 15) is 4.79 Å². The van der Waals surface area contributed by atoms with Crippen LogP contribution in [0, 0.1) is 5.92 Å². The second kappa shape index (κ2) is 6.13. The monoisotopic (exact) mass is 237 g/mol. The first-order valence-electron chi connectivity index (χ1n) is 5.57. The van der Waals surface area contributed by atoms with E-state index in [-0.39, 0.29) is 11.8 Å². The second-order valence-electron chi connectivity index (χ2n) is 4.05. The summed E-state index contributed by atoms with van der Waals surface area (Å²) in [5, 5.41) is 2.85. The Labute approximate surface area is 102 Å². The van der Waals surface area contributed by atoms with Crippen LogP contribution in [0.15, 0.2) is 18.2 Å². The summed E-state index contributed by atoms with van der Waals surface area (Å²) in [7, 11) is 3.21. The number of rotatable bonds is 5. The second-order valence-corrected chi connectivity index (χ2v) is 4.05. The zero-order chi connectivity index (χ0) is 12.8. The zero-order valence-corrected chi connectivity index (χ0v) is 10.7. The summed E-state index contributed by atoms with van der Waals surface area (Å²) >= 11 is 0. The molecule has 0 saturated carbocycles. The lowest BCUT2D eigenvalue weighted by Crippen LogP contribution is -2.27. The average molecular weight is 237 g/mol. The number of benzene rings is 1. The van der Waals surface area contributed by atoms with E-state index in [1.54, 1.807) is 20.3 Å². The lowest BCUT2D eigenvalue weighted by Gasteiger charge is -2.12. The third-order valence-corrected chi connectivity index (χ3v) is 2.47. The van der Waals surface area contributed by atoms with Crippen LogP contribution >= 0.6 is 0 Å². The van der Waals surface area contributed by atoms with Crippen molar-refractivity contribution < 1.29 is 14.3 Å². The van der Waals surface area contributed by atoms with Gasteiger partial charge in [-0.2, -0.15) is 0 Å². The van der Waals surface area contributed by atoms with Gasteiger partial charge in [-0.15, -0.1) is 0 Å². The van der Waals surface area contributed by atoms with Crippen LogP contribution in [0.5, 0.6) is 11.5 Å². The van der Waals surface area contributed by atoms with Crippen molar-refractivity contribution in [1.29, 1.82) is 0 Å². The molecule has 0 heterocycles. The van der Waals surface area contributed by atoms with Crippen LogP contribution in [0.2, 0.25) is 0 Å². The maximum Gasteiger partial charge on any atom is 0.222 e. The molecule has 0 spiro atoms. The Morgan fingerprint density at radius 2 is 2.00 bits per heavy atom. The molecule has 0 radical (unpaired) electrons. The lowest BCUT2D eigenvalue weighted by atomic mass is 10.1. The number of nitrogens with one attached hydrogen (secondary N) is 1. The van der Waals surface area contributed by atoms with Crippen LogP contribution in [0.4, 0.5) is 0 Å². The molecule has 1 amide bonds. The molecule has 4 heteroatoms. The largest absolute Gasteiger partial charge is 0.497 e. The molecule has 4 nitrogen and oxygen atoms in total. The minimum Gasteiger partial charge on any atom is -0.497 e. The molecule has 1 aromatic rings. The van der Waals surface area contributed by atoms with Gasteiger partial charge in [0, 0.05) is 24.1 Å². The topological polar surface area (TPSA) is 47.6 Å². The van der Waals surface area contributed by atoms with E-state index in [1.807, 2.05) is 26.0 Å².